The molecule has 1 aliphatic heterocycles. The van der Waals surface area contributed by atoms with Crippen molar-refractivity contribution in [2.45, 2.75) is 26.3 Å². The molecule has 0 aromatic heterocycles. The summed E-state index contributed by atoms with van der Waals surface area (Å²) in [5, 5.41) is 2.73. The Morgan fingerprint density at radius 3 is 2.82 bits per heavy atom. The molecule has 2 rings (SSSR count). The van der Waals surface area contributed by atoms with Crippen molar-refractivity contribution in [1.29, 1.82) is 0 Å². The van der Waals surface area contributed by atoms with Crippen LogP contribution in [-0.2, 0) is 4.79 Å². The van der Waals surface area contributed by atoms with Gasteiger partial charge in [0.05, 0.1) is 6.54 Å². The van der Waals surface area contributed by atoms with Crippen LogP contribution < -0.4 is 10.1 Å². The highest BCUT2D eigenvalue weighted by molar-refractivity contribution is 7.98. The number of rotatable bonds is 7. The van der Waals surface area contributed by atoms with Crippen LogP contribution in [0.3, 0.4) is 0 Å². The minimum absolute atomic E-state index is 0.149. The zero-order valence-corrected chi connectivity index (χ0v) is 14.0. The Morgan fingerprint density at radius 1 is 1.32 bits per heavy atom. The highest BCUT2D eigenvalue weighted by atomic mass is 32.2. The smallest absolute Gasteiger partial charge is 0.324 e. The third-order valence-corrected chi connectivity index (χ3v) is 4.28. The number of amides is 3. The summed E-state index contributed by atoms with van der Waals surface area (Å²) in [4.78, 5) is 25.3. The number of hydrogen-bond donors (Lipinski definition) is 1. The standard InChI is InChI=1S/C16H22N2O3S/c1-11-4-5-12(2)14(10-11)21-8-7-18-15(19)13(6-9-22-3)17-16(18)20/h4-5,10,13H,6-9H2,1-3H3,(H,17,20)/t13-/m1/s1. The molecule has 1 aliphatic rings. The van der Waals surface area contributed by atoms with Crippen LogP contribution in [0.5, 0.6) is 5.75 Å². The van der Waals surface area contributed by atoms with E-state index in [1.165, 1.54) is 4.90 Å². The maximum atomic E-state index is 12.2. The first-order chi connectivity index (χ1) is 10.5. The lowest BCUT2D eigenvalue weighted by atomic mass is 10.1. The largest absolute Gasteiger partial charge is 0.491 e. The van der Waals surface area contributed by atoms with Gasteiger partial charge in [-0.05, 0) is 49.5 Å². The molecular formula is C16H22N2O3S. The van der Waals surface area contributed by atoms with Crippen LogP contribution in [-0.4, -0.2) is 48.0 Å². The van der Waals surface area contributed by atoms with Gasteiger partial charge in [-0.2, -0.15) is 11.8 Å². The molecule has 1 heterocycles. The summed E-state index contributed by atoms with van der Waals surface area (Å²) in [7, 11) is 0. The molecule has 0 unspecified atom stereocenters. The van der Waals surface area contributed by atoms with Gasteiger partial charge >= 0.3 is 6.03 Å². The fourth-order valence-electron chi connectivity index (χ4n) is 2.33. The van der Waals surface area contributed by atoms with E-state index in [0.717, 1.165) is 22.6 Å². The summed E-state index contributed by atoms with van der Waals surface area (Å²) < 4.78 is 5.71. The first-order valence-electron chi connectivity index (χ1n) is 7.34. The number of imide groups is 1. The van der Waals surface area contributed by atoms with Crippen LogP contribution >= 0.6 is 11.8 Å². The molecule has 1 aromatic rings. The van der Waals surface area contributed by atoms with Gasteiger partial charge in [-0.1, -0.05) is 12.1 Å². The first-order valence-corrected chi connectivity index (χ1v) is 8.73. The third kappa shape index (κ3) is 3.94. The number of urea groups is 1. The van der Waals surface area contributed by atoms with E-state index in [2.05, 4.69) is 5.32 Å². The number of nitrogens with zero attached hydrogens (tertiary/aromatic N) is 1. The van der Waals surface area contributed by atoms with E-state index in [1.807, 2.05) is 38.3 Å². The predicted octanol–water partition coefficient (Wildman–Crippen LogP) is 2.36. The molecule has 1 fully saturated rings. The summed E-state index contributed by atoms with van der Waals surface area (Å²) in [6.07, 6.45) is 2.65. The molecule has 3 amide bonds. The molecule has 6 heteroatoms. The Balaban J connectivity index is 1.87. The van der Waals surface area contributed by atoms with Crippen molar-refractivity contribution in [3.05, 3.63) is 29.3 Å². The SMILES string of the molecule is CSCC[C@H]1NC(=O)N(CCOc2cc(C)ccc2C)C1=O. The number of nitrogens with one attached hydrogen (secondary N) is 1. The summed E-state index contributed by atoms with van der Waals surface area (Å²) in [5.41, 5.74) is 2.16. The summed E-state index contributed by atoms with van der Waals surface area (Å²) in [6, 6.07) is 5.27. The van der Waals surface area contributed by atoms with Crippen LogP contribution in [0.2, 0.25) is 0 Å². The number of aryl methyl sites for hydroxylation is 2. The van der Waals surface area contributed by atoms with E-state index in [9.17, 15) is 9.59 Å². The Kier molecular flexibility index (Phi) is 5.71. The van der Waals surface area contributed by atoms with Crippen molar-refractivity contribution < 1.29 is 14.3 Å². The molecule has 0 bridgehead atoms. The van der Waals surface area contributed by atoms with Gasteiger partial charge in [-0.25, -0.2) is 4.79 Å². The van der Waals surface area contributed by atoms with Gasteiger partial charge in [-0.3, -0.25) is 9.69 Å². The average molecular weight is 322 g/mol. The van der Waals surface area contributed by atoms with Crippen LogP contribution in [0.25, 0.3) is 0 Å². The summed E-state index contributed by atoms with van der Waals surface area (Å²) in [6.45, 7) is 4.55. The summed E-state index contributed by atoms with van der Waals surface area (Å²) >= 11 is 1.66. The van der Waals surface area contributed by atoms with Crippen molar-refractivity contribution in [2.75, 3.05) is 25.2 Å². The lowest BCUT2D eigenvalue weighted by Crippen LogP contribution is -2.35. The van der Waals surface area contributed by atoms with Gasteiger partial charge in [0.25, 0.3) is 5.91 Å². The van der Waals surface area contributed by atoms with Crippen molar-refractivity contribution >= 4 is 23.7 Å². The molecule has 0 aliphatic carbocycles. The molecule has 1 N–H and O–H groups in total. The molecule has 5 nitrogen and oxygen atoms in total. The lowest BCUT2D eigenvalue weighted by Gasteiger charge is -2.15. The maximum absolute atomic E-state index is 12.2. The first kappa shape index (κ1) is 16.7. The minimum Gasteiger partial charge on any atom is -0.491 e. The minimum atomic E-state index is -0.388. The number of carbonyl (C=O) groups is 2. The fourth-order valence-corrected chi connectivity index (χ4v) is 2.80. The second-order valence-corrected chi connectivity index (χ2v) is 6.38. The Bertz CT molecular complexity index is 562. The lowest BCUT2D eigenvalue weighted by molar-refractivity contribution is -0.127. The van der Waals surface area contributed by atoms with Gasteiger partial charge in [0.15, 0.2) is 0 Å². The number of benzene rings is 1. The number of carbonyl (C=O) groups excluding carboxylic acids is 2. The third-order valence-electron chi connectivity index (χ3n) is 3.63. The molecule has 120 valence electrons. The van der Waals surface area contributed by atoms with Gasteiger partial charge in [-0.15, -0.1) is 0 Å². The van der Waals surface area contributed by atoms with Gasteiger partial charge in [0.1, 0.15) is 18.4 Å². The van der Waals surface area contributed by atoms with Crippen LogP contribution in [0.15, 0.2) is 18.2 Å². The van der Waals surface area contributed by atoms with E-state index in [1.54, 1.807) is 11.8 Å². The van der Waals surface area contributed by atoms with Crippen LogP contribution in [0, 0.1) is 13.8 Å². The van der Waals surface area contributed by atoms with Crippen LogP contribution in [0.4, 0.5) is 4.79 Å². The van der Waals surface area contributed by atoms with E-state index >= 15 is 0 Å². The second kappa shape index (κ2) is 7.54. The van der Waals surface area contributed by atoms with E-state index in [-0.39, 0.29) is 24.5 Å². The molecule has 0 spiro atoms. The normalized spacial score (nSPS) is 17.8. The van der Waals surface area contributed by atoms with Gasteiger partial charge in [0, 0.05) is 0 Å². The van der Waals surface area contributed by atoms with Crippen molar-refractivity contribution in [3.63, 3.8) is 0 Å². The molecule has 1 aromatic carbocycles. The monoisotopic (exact) mass is 322 g/mol. The highest BCUT2D eigenvalue weighted by Crippen LogP contribution is 2.19. The molecular weight excluding hydrogens is 300 g/mol. The number of ether oxygens (including phenoxy) is 1. The fraction of sp³-hybridized carbons (Fsp3) is 0.500. The van der Waals surface area contributed by atoms with E-state index < -0.39 is 0 Å². The Hall–Kier alpha value is -1.69. The quantitative estimate of drug-likeness (QED) is 0.783. The molecule has 0 radical (unpaired) electrons. The number of thioether (sulfide) groups is 1. The second-order valence-electron chi connectivity index (χ2n) is 5.39. The molecule has 1 saturated heterocycles. The van der Waals surface area contributed by atoms with E-state index in [4.69, 9.17) is 4.74 Å². The number of hydrogen-bond acceptors (Lipinski definition) is 4. The Morgan fingerprint density at radius 2 is 2.09 bits per heavy atom. The molecule has 1 atom stereocenters. The van der Waals surface area contributed by atoms with E-state index in [0.29, 0.717) is 13.0 Å². The van der Waals surface area contributed by atoms with Gasteiger partial charge < -0.3 is 10.1 Å². The highest BCUT2D eigenvalue weighted by Gasteiger charge is 2.37. The van der Waals surface area contributed by atoms with Gasteiger partial charge in [0.2, 0.25) is 0 Å². The zero-order chi connectivity index (χ0) is 16.1. The van der Waals surface area contributed by atoms with Crippen molar-refractivity contribution in [1.82, 2.24) is 10.2 Å². The predicted molar refractivity (Wildman–Crippen MR) is 88.4 cm³/mol. The molecule has 0 saturated carbocycles. The van der Waals surface area contributed by atoms with Crippen LogP contribution in [0.1, 0.15) is 17.5 Å². The summed E-state index contributed by atoms with van der Waals surface area (Å²) in [5.74, 6) is 1.50. The van der Waals surface area contributed by atoms with Crippen molar-refractivity contribution in [3.8, 4) is 5.75 Å². The Labute approximate surface area is 135 Å². The average Bonchev–Trinajstić information content (AvgIpc) is 2.76. The molecule has 22 heavy (non-hydrogen) atoms. The zero-order valence-electron chi connectivity index (χ0n) is 13.2. The maximum Gasteiger partial charge on any atom is 0.324 e. The van der Waals surface area contributed by atoms with Crippen molar-refractivity contribution in [2.24, 2.45) is 0 Å². The topological polar surface area (TPSA) is 58.6 Å².